The Morgan fingerprint density at radius 2 is 1.93 bits per heavy atom. The Balaban J connectivity index is 2.60. The number of hydrogen-bond acceptors (Lipinski definition) is 1. The van der Waals surface area contributed by atoms with E-state index >= 15 is 0 Å². The molecule has 0 spiro atoms. The van der Waals surface area contributed by atoms with Crippen LogP contribution < -0.4 is 0 Å². The first kappa shape index (κ1) is 11.4. The number of benzene rings is 1. The van der Waals surface area contributed by atoms with Gasteiger partial charge >= 0.3 is 0 Å². The van der Waals surface area contributed by atoms with Crippen LogP contribution in [0.5, 0.6) is 0 Å². The first-order valence-corrected chi connectivity index (χ1v) is 5.70. The van der Waals surface area contributed by atoms with E-state index in [0.29, 0.717) is 12.2 Å². The maximum atomic E-state index is 11.4. The lowest BCUT2D eigenvalue weighted by atomic mass is 9.96. The fourth-order valence-electron chi connectivity index (χ4n) is 1.44. The van der Waals surface area contributed by atoms with Crippen LogP contribution in [0.15, 0.2) is 28.7 Å². The molecule has 1 rings (SSSR count). The largest absolute Gasteiger partial charge is 0.299 e. The van der Waals surface area contributed by atoms with Crippen molar-refractivity contribution in [1.82, 2.24) is 0 Å². The molecule has 0 radical (unpaired) electrons. The standard InChI is InChI=1S/C12H15BrO/c1-3-12(14)9(2)8-10-4-6-11(13)7-5-10/h4-7,9H,3,8H2,1-2H3/t9-/m1/s1. The van der Waals surface area contributed by atoms with Crippen LogP contribution in [-0.4, -0.2) is 5.78 Å². The number of carbonyl (C=O) groups excluding carboxylic acids is 1. The summed E-state index contributed by atoms with van der Waals surface area (Å²) >= 11 is 3.39. The van der Waals surface area contributed by atoms with Gasteiger partial charge < -0.3 is 0 Å². The van der Waals surface area contributed by atoms with Gasteiger partial charge in [-0.05, 0) is 24.1 Å². The molecule has 0 aliphatic carbocycles. The van der Waals surface area contributed by atoms with Crippen LogP contribution in [0.4, 0.5) is 0 Å². The van der Waals surface area contributed by atoms with Crippen LogP contribution in [0.2, 0.25) is 0 Å². The molecule has 0 heterocycles. The molecule has 0 unspecified atom stereocenters. The first-order valence-electron chi connectivity index (χ1n) is 4.90. The first-order chi connectivity index (χ1) is 6.63. The van der Waals surface area contributed by atoms with E-state index in [1.165, 1.54) is 5.56 Å². The van der Waals surface area contributed by atoms with Crippen molar-refractivity contribution >= 4 is 21.7 Å². The summed E-state index contributed by atoms with van der Waals surface area (Å²) in [6, 6.07) is 8.14. The Morgan fingerprint density at radius 3 is 2.43 bits per heavy atom. The lowest BCUT2D eigenvalue weighted by Gasteiger charge is -2.08. The van der Waals surface area contributed by atoms with Crippen LogP contribution in [0.1, 0.15) is 25.8 Å². The molecule has 0 saturated carbocycles. The predicted octanol–water partition coefficient (Wildman–Crippen LogP) is 3.61. The Morgan fingerprint density at radius 1 is 1.36 bits per heavy atom. The van der Waals surface area contributed by atoms with Crippen molar-refractivity contribution in [1.29, 1.82) is 0 Å². The van der Waals surface area contributed by atoms with E-state index in [0.717, 1.165) is 10.9 Å². The second-order valence-electron chi connectivity index (χ2n) is 3.55. The summed E-state index contributed by atoms with van der Waals surface area (Å²) in [5, 5.41) is 0. The summed E-state index contributed by atoms with van der Waals surface area (Å²) in [4.78, 5) is 11.4. The van der Waals surface area contributed by atoms with Crippen LogP contribution in [0.3, 0.4) is 0 Å². The monoisotopic (exact) mass is 254 g/mol. The molecule has 0 amide bonds. The normalized spacial score (nSPS) is 12.5. The van der Waals surface area contributed by atoms with Gasteiger partial charge in [-0.1, -0.05) is 41.9 Å². The molecular weight excluding hydrogens is 240 g/mol. The summed E-state index contributed by atoms with van der Waals surface area (Å²) in [5.74, 6) is 0.481. The van der Waals surface area contributed by atoms with E-state index in [2.05, 4.69) is 28.1 Å². The third-order valence-electron chi connectivity index (χ3n) is 2.35. The Hall–Kier alpha value is -0.630. The van der Waals surface area contributed by atoms with E-state index in [1.54, 1.807) is 0 Å². The highest BCUT2D eigenvalue weighted by Gasteiger charge is 2.10. The van der Waals surface area contributed by atoms with Gasteiger partial charge in [0.05, 0.1) is 0 Å². The molecule has 2 heteroatoms. The highest BCUT2D eigenvalue weighted by Crippen LogP contribution is 2.14. The van der Waals surface area contributed by atoms with Gasteiger partial charge in [-0.25, -0.2) is 0 Å². The van der Waals surface area contributed by atoms with Crippen LogP contribution in [0.25, 0.3) is 0 Å². The Labute approximate surface area is 93.7 Å². The third kappa shape index (κ3) is 3.26. The summed E-state index contributed by atoms with van der Waals surface area (Å²) in [6.45, 7) is 3.91. The molecule has 76 valence electrons. The van der Waals surface area contributed by atoms with Crippen molar-refractivity contribution in [3.63, 3.8) is 0 Å². The molecule has 0 N–H and O–H groups in total. The molecule has 1 aromatic rings. The van der Waals surface area contributed by atoms with Crippen molar-refractivity contribution < 1.29 is 4.79 Å². The molecule has 1 aromatic carbocycles. The molecule has 1 nitrogen and oxygen atoms in total. The SMILES string of the molecule is CCC(=O)[C@H](C)Cc1ccc(Br)cc1. The lowest BCUT2D eigenvalue weighted by Crippen LogP contribution is -2.12. The van der Waals surface area contributed by atoms with Gasteiger partial charge in [-0.3, -0.25) is 4.79 Å². The van der Waals surface area contributed by atoms with E-state index in [9.17, 15) is 4.79 Å². The fourth-order valence-corrected chi connectivity index (χ4v) is 1.70. The number of hydrogen-bond donors (Lipinski definition) is 0. The highest BCUT2D eigenvalue weighted by molar-refractivity contribution is 9.10. The average molecular weight is 255 g/mol. The van der Waals surface area contributed by atoms with Gasteiger partial charge in [0, 0.05) is 16.8 Å². The lowest BCUT2D eigenvalue weighted by molar-refractivity contribution is -0.122. The van der Waals surface area contributed by atoms with Crippen molar-refractivity contribution in [2.24, 2.45) is 5.92 Å². The molecule has 14 heavy (non-hydrogen) atoms. The molecule has 0 fully saturated rings. The van der Waals surface area contributed by atoms with Crippen molar-refractivity contribution in [3.05, 3.63) is 34.3 Å². The minimum absolute atomic E-state index is 0.140. The van der Waals surface area contributed by atoms with Gasteiger partial charge in [-0.15, -0.1) is 0 Å². The van der Waals surface area contributed by atoms with Gasteiger partial charge in [-0.2, -0.15) is 0 Å². The minimum Gasteiger partial charge on any atom is -0.299 e. The smallest absolute Gasteiger partial charge is 0.135 e. The van der Waals surface area contributed by atoms with Gasteiger partial charge in [0.1, 0.15) is 5.78 Å². The number of ketones is 1. The summed E-state index contributed by atoms with van der Waals surface area (Å²) in [6.07, 6.45) is 1.48. The summed E-state index contributed by atoms with van der Waals surface area (Å²) in [7, 11) is 0. The van der Waals surface area contributed by atoms with Gasteiger partial charge in [0.25, 0.3) is 0 Å². The van der Waals surface area contributed by atoms with E-state index in [4.69, 9.17) is 0 Å². The summed E-state index contributed by atoms with van der Waals surface area (Å²) < 4.78 is 1.08. The molecular formula is C12H15BrO. The molecule has 0 aromatic heterocycles. The predicted molar refractivity (Wildman–Crippen MR) is 62.3 cm³/mol. The maximum absolute atomic E-state index is 11.4. The molecule has 0 saturated heterocycles. The zero-order chi connectivity index (χ0) is 10.6. The van der Waals surface area contributed by atoms with Crippen LogP contribution in [-0.2, 0) is 11.2 Å². The summed E-state index contributed by atoms with van der Waals surface area (Å²) in [5.41, 5.74) is 1.22. The van der Waals surface area contributed by atoms with Crippen molar-refractivity contribution in [3.8, 4) is 0 Å². The van der Waals surface area contributed by atoms with Crippen molar-refractivity contribution in [2.75, 3.05) is 0 Å². The zero-order valence-electron chi connectivity index (χ0n) is 8.59. The number of Topliss-reactive ketones (excluding diaryl/α,β-unsaturated/α-hetero) is 1. The average Bonchev–Trinajstić information content (AvgIpc) is 2.20. The minimum atomic E-state index is 0.140. The van der Waals surface area contributed by atoms with Gasteiger partial charge in [0.2, 0.25) is 0 Å². The molecule has 1 atom stereocenters. The Bertz CT molecular complexity index is 303. The third-order valence-corrected chi connectivity index (χ3v) is 2.88. The van der Waals surface area contributed by atoms with E-state index < -0.39 is 0 Å². The number of halogens is 1. The topological polar surface area (TPSA) is 17.1 Å². The zero-order valence-corrected chi connectivity index (χ0v) is 10.2. The Kier molecular flexibility index (Phi) is 4.33. The second-order valence-corrected chi connectivity index (χ2v) is 4.47. The van der Waals surface area contributed by atoms with E-state index in [1.807, 2.05) is 26.0 Å². The van der Waals surface area contributed by atoms with Gasteiger partial charge in [0.15, 0.2) is 0 Å². The van der Waals surface area contributed by atoms with Crippen LogP contribution >= 0.6 is 15.9 Å². The quantitative estimate of drug-likeness (QED) is 0.803. The highest BCUT2D eigenvalue weighted by atomic mass is 79.9. The molecule has 0 aliphatic heterocycles. The molecule has 0 bridgehead atoms. The second kappa shape index (κ2) is 5.30. The number of rotatable bonds is 4. The fraction of sp³-hybridized carbons (Fsp3) is 0.417. The van der Waals surface area contributed by atoms with Crippen molar-refractivity contribution in [2.45, 2.75) is 26.7 Å². The molecule has 0 aliphatic rings. The van der Waals surface area contributed by atoms with E-state index in [-0.39, 0.29) is 5.92 Å². The number of carbonyl (C=O) groups is 1. The van der Waals surface area contributed by atoms with Crippen LogP contribution in [0, 0.1) is 5.92 Å². The maximum Gasteiger partial charge on any atom is 0.135 e.